The minimum Gasteiger partial charge on any atom is -0.360 e. The van der Waals surface area contributed by atoms with Crippen LogP contribution in [0.1, 0.15) is 31.4 Å². The van der Waals surface area contributed by atoms with Gasteiger partial charge in [0.15, 0.2) is 5.17 Å². The number of hydrogen-bond donors (Lipinski definition) is 1. The highest BCUT2D eigenvalue weighted by Gasteiger charge is 2.23. The van der Waals surface area contributed by atoms with Gasteiger partial charge in [0.25, 0.3) is 0 Å². The van der Waals surface area contributed by atoms with E-state index >= 15 is 0 Å². The standard InChI is InChI=1S/C14H17N3S/c1-14(2)6-7-18-13(17-14)16-10-12-5-3-4-11(8-12)9-15/h3-5,8H,6-7,10H2,1-2H3,(H,16,17). The van der Waals surface area contributed by atoms with E-state index in [1.165, 1.54) is 0 Å². The zero-order valence-corrected chi connectivity index (χ0v) is 11.5. The Hall–Kier alpha value is -1.47. The lowest BCUT2D eigenvalue weighted by Gasteiger charge is -2.32. The van der Waals surface area contributed by atoms with Gasteiger partial charge in [-0.3, -0.25) is 4.99 Å². The Morgan fingerprint density at radius 2 is 2.33 bits per heavy atom. The first-order valence-electron chi connectivity index (χ1n) is 6.03. The van der Waals surface area contributed by atoms with Gasteiger partial charge in [-0.25, -0.2) is 0 Å². The second-order valence-corrected chi connectivity index (χ2v) is 6.12. The molecule has 1 aliphatic heterocycles. The van der Waals surface area contributed by atoms with Crippen LogP contribution in [0.15, 0.2) is 29.3 Å². The molecule has 0 saturated carbocycles. The molecular formula is C14H17N3S. The predicted octanol–water partition coefficient (Wildman–Crippen LogP) is 2.92. The number of rotatable bonds is 2. The third-order valence-electron chi connectivity index (χ3n) is 2.87. The van der Waals surface area contributed by atoms with Crippen LogP contribution in [0.5, 0.6) is 0 Å². The highest BCUT2D eigenvalue weighted by atomic mass is 32.2. The number of nitrogens with one attached hydrogen (secondary N) is 1. The van der Waals surface area contributed by atoms with E-state index < -0.39 is 0 Å². The van der Waals surface area contributed by atoms with E-state index in [1.54, 1.807) is 11.8 Å². The molecule has 1 saturated heterocycles. The molecule has 1 heterocycles. The van der Waals surface area contributed by atoms with Gasteiger partial charge in [0, 0.05) is 11.3 Å². The van der Waals surface area contributed by atoms with Crippen molar-refractivity contribution >= 4 is 16.9 Å². The fourth-order valence-electron chi connectivity index (χ4n) is 1.78. The number of aliphatic imine (C=N–C) groups is 1. The fourth-order valence-corrected chi connectivity index (χ4v) is 3.09. The summed E-state index contributed by atoms with van der Waals surface area (Å²) in [6.07, 6.45) is 1.15. The first-order valence-corrected chi connectivity index (χ1v) is 7.02. The zero-order chi connectivity index (χ0) is 13.0. The number of hydrogen-bond acceptors (Lipinski definition) is 3. The lowest BCUT2D eigenvalue weighted by Crippen LogP contribution is -2.46. The summed E-state index contributed by atoms with van der Waals surface area (Å²) < 4.78 is 0. The highest BCUT2D eigenvalue weighted by Crippen LogP contribution is 2.21. The van der Waals surface area contributed by atoms with Crippen molar-refractivity contribution in [3.05, 3.63) is 35.4 Å². The molecule has 0 radical (unpaired) electrons. The van der Waals surface area contributed by atoms with Gasteiger partial charge in [-0.1, -0.05) is 23.9 Å². The summed E-state index contributed by atoms with van der Waals surface area (Å²) in [6, 6.07) is 9.76. The van der Waals surface area contributed by atoms with E-state index in [1.807, 2.05) is 24.3 Å². The van der Waals surface area contributed by atoms with Gasteiger partial charge in [-0.05, 0) is 38.0 Å². The molecule has 1 fully saturated rings. The number of thioether (sulfide) groups is 1. The Morgan fingerprint density at radius 3 is 3.06 bits per heavy atom. The predicted molar refractivity (Wildman–Crippen MR) is 76.6 cm³/mol. The molecule has 0 bridgehead atoms. The average molecular weight is 259 g/mol. The smallest absolute Gasteiger partial charge is 0.157 e. The second-order valence-electron chi connectivity index (χ2n) is 5.04. The number of nitrogens with zero attached hydrogens (tertiary/aromatic N) is 2. The van der Waals surface area contributed by atoms with Crippen LogP contribution in [0.4, 0.5) is 0 Å². The van der Waals surface area contributed by atoms with Gasteiger partial charge in [0.1, 0.15) is 0 Å². The quantitative estimate of drug-likeness (QED) is 0.888. The maximum absolute atomic E-state index is 8.85. The van der Waals surface area contributed by atoms with Gasteiger partial charge in [0.2, 0.25) is 0 Å². The summed E-state index contributed by atoms with van der Waals surface area (Å²) in [6.45, 7) is 5.01. The van der Waals surface area contributed by atoms with E-state index in [-0.39, 0.29) is 5.54 Å². The molecule has 0 spiro atoms. The molecule has 18 heavy (non-hydrogen) atoms. The summed E-state index contributed by atoms with van der Waals surface area (Å²) >= 11 is 1.77. The van der Waals surface area contributed by atoms with Crippen LogP contribution in [0.2, 0.25) is 0 Å². The van der Waals surface area contributed by atoms with E-state index in [0.29, 0.717) is 12.1 Å². The van der Waals surface area contributed by atoms with Crippen LogP contribution < -0.4 is 5.32 Å². The molecular weight excluding hydrogens is 242 g/mol. The molecule has 4 heteroatoms. The minimum atomic E-state index is 0.137. The van der Waals surface area contributed by atoms with Crippen molar-refractivity contribution < 1.29 is 0 Å². The molecule has 0 amide bonds. The summed E-state index contributed by atoms with van der Waals surface area (Å²) in [4.78, 5) is 4.58. The van der Waals surface area contributed by atoms with Gasteiger partial charge in [0.05, 0.1) is 18.2 Å². The van der Waals surface area contributed by atoms with Crippen LogP contribution in [-0.2, 0) is 6.54 Å². The van der Waals surface area contributed by atoms with E-state index in [9.17, 15) is 0 Å². The molecule has 1 aliphatic rings. The maximum atomic E-state index is 8.85. The Kier molecular flexibility index (Phi) is 3.93. The van der Waals surface area contributed by atoms with Crippen molar-refractivity contribution in [2.45, 2.75) is 32.4 Å². The summed E-state index contributed by atoms with van der Waals surface area (Å²) in [5.74, 6) is 1.11. The monoisotopic (exact) mass is 259 g/mol. The van der Waals surface area contributed by atoms with E-state index in [4.69, 9.17) is 5.26 Å². The normalized spacial score (nSPS) is 20.2. The second kappa shape index (κ2) is 5.45. The minimum absolute atomic E-state index is 0.137. The number of benzene rings is 1. The summed E-state index contributed by atoms with van der Waals surface area (Å²) in [7, 11) is 0. The largest absolute Gasteiger partial charge is 0.360 e. The molecule has 0 atom stereocenters. The molecule has 0 unspecified atom stereocenters. The van der Waals surface area contributed by atoms with Crippen LogP contribution in [-0.4, -0.2) is 16.5 Å². The van der Waals surface area contributed by atoms with Gasteiger partial charge in [-0.2, -0.15) is 5.26 Å². The van der Waals surface area contributed by atoms with Crippen LogP contribution in [0.3, 0.4) is 0 Å². The van der Waals surface area contributed by atoms with Crippen molar-refractivity contribution in [2.24, 2.45) is 4.99 Å². The van der Waals surface area contributed by atoms with Crippen molar-refractivity contribution in [1.82, 2.24) is 5.32 Å². The molecule has 1 N–H and O–H groups in total. The Labute approximate surface area is 112 Å². The number of nitriles is 1. The topological polar surface area (TPSA) is 48.2 Å². The molecule has 94 valence electrons. The number of amidine groups is 1. The zero-order valence-electron chi connectivity index (χ0n) is 10.7. The van der Waals surface area contributed by atoms with Crippen LogP contribution in [0.25, 0.3) is 0 Å². The Bertz CT molecular complexity index is 500. The molecule has 2 rings (SSSR count). The van der Waals surface area contributed by atoms with Gasteiger partial charge < -0.3 is 5.32 Å². The highest BCUT2D eigenvalue weighted by molar-refractivity contribution is 8.13. The third kappa shape index (κ3) is 3.51. The first-order chi connectivity index (χ1) is 8.59. The fraction of sp³-hybridized carbons (Fsp3) is 0.429. The Morgan fingerprint density at radius 1 is 1.50 bits per heavy atom. The SMILES string of the molecule is CC1(C)CCSC(=NCc2cccc(C#N)c2)N1. The van der Waals surface area contributed by atoms with Gasteiger partial charge in [-0.15, -0.1) is 0 Å². The van der Waals surface area contributed by atoms with Crippen molar-refractivity contribution in [3.63, 3.8) is 0 Å². The summed E-state index contributed by atoms with van der Waals surface area (Å²) in [5.41, 5.74) is 1.91. The summed E-state index contributed by atoms with van der Waals surface area (Å²) in [5, 5.41) is 13.3. The molecule has 1 aromatic rings. The van der Waals surface area contributed by atoms with Crippen LogP contribution >= 0.6 is 11.8 Å². The van der Waals surface area contributed by atoms with Crippen molar-refractivity contribution in [1.29, 1.82) is 5.26 Å². The van der Waals surface area contributed by atoms with Crippen LogP contribution in [0, 0.1) is 11.3 Å². The van der Waals surface area contributed by atoms with Crippen molar-refractivity contribution in [2.75, 3.05) is 5.75 Å². The average Bonchev–Trinajstić information content (AvgIpc) is 2.35. The molecule has 0 aromatic heterocycles. The van der Waals surface area contributed by atoms with E-state index in [2.05, 4.69) is 30.2 Å². The Balaban J connectivity index is 2.04. The molecule has 1 aromatic carbocycles. The third-order valence-corrected chi connectivity index (χ3v) is 3.79. The van der Waals surface area contributed by atoms with Gasteiger partial charge >= 0.3 is 0 Å². The maximum Gasteiger partial charge on any atom is 0.157 e. The molecule has 0 aliphatic carbocycles. The lowest BCUT2D eigenvalue weighted by atomic mass is 10.0. The van der Waals surface area contributed by atoms with E-state index in [0.717, 1.165) is 22.9 Å². The van der Waals surface area contributed by atoms with Crippen molar-refractivity contribution in [3.8, 4) is 6.07 Å². The molecule has 3 nitrogen and oxygen atoms in total. The first kappa shape index (κ1) is 13.0. The lowest BCUT2D eigenvalue weighted by molar-refractivity contribution is 0.446.